The minimum atomic E-state index is -0.437. The van der Waals surface area contributed by atoms with Crippen molar-refractivity contribution in [3.05, 3.63) is 59.7 Å². The molecule has 0 atom stereocenters. The molecule has 0 aliphatic heterocycles. The maximum absolute atomic E-state index is 11.4. The van der Waals surface area contributed by atoms with Crippen molar-refractivity contribution in [2.75, 3.05) is 20.3 Å². The minimum Gasteiger partial charge on any atom is -0.493 e. The van der Waals surface area contributed by atoms with E-state index < -0.39 is 5.97 Å². The summed E-state index contributed by atoms with van der Waals surface area (Å²) in [7, 11) is 1.52. The lowest BCUT2D eigenvalue weighted by atomic mass is 10.2. The molecule has 7 nitrogen and oxygen atoms in total. The number of ether oxygens (including phenoxy) is 3. The maximum Gasteiger partial charge on any atom is 0.344 e. The van der Waals surface area contributed by atoms with Crippen molar-refractivity contribution in [3.8, 4) is 11.5 Å². The quantitative estimate of drug-likeness (QED) is 0.300. The third-order valence-corrected chi connectivity index (χ3v) is 4.29. The first-order valence-corrected chi connectivity index (χ1v) is 9.60. The Bertz CT molecular complexity index is 825. The van der Waals surface area contributed by atoms with Crippen LogP contribution in [0, 0.1) is 0 Å². The first kappa shape index (κ1) is 21.3. The van der Waals surface area contributed by atoms with Gasteiger partial charge in [-0.15, -0.1) is 5.10 Å². The summed E-state index contributed by atoms with van der Waals surface area (Å²) in [6, 6.07) is 15.2. The molecule has 2 rings (SSSR count). The molecule has 0 amide bonds. The third-order valence-electron chi connectivity index (χ3n) is 3.43. The van der Waals surface area contributed by atoms with E-state index in [1.54, 1.807) is 31.3 Å². The standard InChI is InChI=1S/C20H23N3O4S/c1-3-26-19(24)13-27-17-10-9-16(11-18(17)25-2)12-22-23-20(21)28-14-15-7-5-4-6-8-15/h4-12H,3,13-14H2,1-2H3,(H2,21,23). The number of methoxy groups -OCH3 is 1. The predicted molar refractivity (Wildman–Crippen MR) is 112 cm³/mol. The zero-order valence-electron chi connectivity index (χ0n) is 15.8. The molecule has 0 bridgehead atoms. The Kier molecular flexibility index (Phi) is 8.87. The fourth-order valence-electron chi connectivity index (χ4n) is 2.14. The van der Waals surface area contributed by atoms with Crippen LogP contribution in [0.5, 0.6) is 11.5 Å². The number of rotatable bonds is 9. The average Bonchev–Trinajstić information content (AvgIpc) is 2.72. The minimum absolute atomic E-state index is 0.183. The topological polar surface area (TPSA) is 95.5 Å². The summed E-state index contributed by atoms with van der Waals surface area (Å²) in [5.74, 6) is 1.21. The number of hydrogen-bond donors (Lipinski definition) is 1. The van der Waals surface area contributed by atoms with Crippen LogP contribution in [-0.4, -0.2) is 37.7 Å². The van der Waals surface area contributed by atoms with Gasteiger partial charge in [-0.3, -0.25) is 0 Å². The fraction of sp³-hybridized carbons (Fsp3) is 0.250. The summed E-state index contributed by atoms with van der Waals surface area (Å²) in [5.41, 5.74) is 7.79. The van der Waals surface area contributed by atoms with Crippen LogP contribution in [0.1, 0.15) is 18.1 Å². The van der Waals surface area contributed by atoms with E-state index in [0.717, 1.165) is 16.9 Å². The van der Waals surface area contributed by atoms with Crippen molar-refractivity contribution in [1.29, 1.82) is 0 Å². The van der Waals surface area contributed by atoms with Crippen molar-refractivity contribution in [2.24, 2.45) is 15.9 Å². The molecule has 0 aliphatic carbocycles. The van der Waals surface area contributed by atoms with Gasteiger partial charge in [0.05, 0.1) is 19.9 Å². The van der Waals surface area contributed by atoms with Crippen LogP contribution >= 0.6 is 11.8 Å². The van der Waals surface area contributed by atoms with Crippen LogP contribution in [0.3, 0.4) is 0 Å². The van der Waals surface area contributed by atoms with E-state index in [2.05, 4.69) is 10.2 Å². The Balaban J connectivity index is 1.92. The molecule has 2 aromatic carbocycles. The van der Waals surface area contributed by atoms with Crippen LogP contribution in [0.2, 0.25) is 0 Å². The number of nitrogens with zero attached hydrogens (tertiary/aromatic N) is 2. The van der Waals surface area contributed by atoms with Gasteiger partial charge in [0.25, 0.3) is 0 Å². The summed E-state index contributed by atoms with van der Waals surface area (Å²) in [6.45, 7) is 1.86. The van der Waals surface area contributed by atoms with Gasteiger partial charge in [-0.1, -0.05) is 42.1 Å². The van der Waals surface area contributed by atoms with Crippen LogP contribution in [0.25, 0.3) is 0 Å². The third kappa shape index (κ3) is 7.32. The predicted octanol–water partition coefficient (Wildman–Crippen LogP) is 3.22. The molecule has 0 aliphatic rings. The summed E-state index contributed by atoms with van der Waals surface area (Å²) in [5, 5.41) is 8.37. The molecular weight excluding hydrogens is 378 g/mol. The summed E-state index contributed by atoms with van der Waals surface area (Å²) < 4.78 is 15.5. The highest BCUT2D eigenvalue weighted by Gasteiger charge is 2.08. The van der Waals surface area contributed by atoms with Gasteiger partial charge in [-0.2, -0.15) is 5.10 Å². The molecule has 0 fully saturated rings. The number of amidine groups is 1. The molecule has 0 radical (unpaired) electrons. The van der Waals surface area contributed by atoms with Crippen molar-refractivity contribution in [1.82, 2.24) is 0 Å². The van der Waals surface area contributed by atoms with Crippen LogP contribution in [-0.2, 0) is 15.3 Å². The van der Waals surface area contributed by atoms with Gasteiger partial charge in [0, 0.05) is 5.75 Å². The van der Waals surface area contributed by atoms with E-state index in [4.69, 9.17) is 19.9 Å². The second-order valence-corrected chi connectivity index (χ2v) is 6.46. The molecule has 2 aromatic rings. The summed E-state index contributed by atoms with van der Waals surface area (Å²) in [6.07, 6.45) is 1.56. The zero-order chi connectivity index (χ0) is 20.2. The highest BCUT2D eigenvalue weighted by molar-refractivity contribution is 8.13. The average molecular weight is 401 g/mol. The Morgan fingerprint density at radius 2 is 1.96 bits per heavy atom. The van der Waals surface area contributed by atoms with Gasteiger partial charge < -0.3 is 19.9 Å². The van der Waals surface area contributed by atoms with Crippen molar-refractivity contribution in [3.63, 3.8) is 0 Å². The van der Waals surface area contributed by atoms with E-state index in [1.165, 1.54) is 18.9 Å². The van der Waals surface area contributed by atoms with Crippen molar-refractivity contribution >= 4 is 29.1 Å². The van der Waals surface area contributed by atoms with Gasteiger partial charge in [-0.25, -0.2) is 4.79 Å². The molecular formula is C20H23N3O4S. The number of esters is 1. The molecule has 0 saturated heterocycles. The Morgan fingerprint density at radius 1 is 1.18 bits per heavy atom. The molecule has 0 spiro atoms. The van der Waals surface area contributed by atoms with Crippen LogP contribution < -0.4 is 15.2 Å². The molecule has 0 heterocycles. The van der Waals surface area contributed by atoms with Gasteiger partial charge in [0.1, 0.15) is 0 Å². The van der Waals surface area contributed by atoms with E-state index >= 15 is 0 Å². The van der Waals surface area contributed by atoms with Gasteiger partial charge >= 0.3 is 5.97 Å². The first-order valence-electron chi connectivity index (χ1n) is 8.62. The van der Waals surface area contributed by atoms with Gasteiger partial charge in [0.15, 0.2) is 23.3 Å². The number of benzene rings is 2. The SMILES string of the molecule is CCOC(=O)COc1ccc(C=NN=C(N)SCc2ccccc2)cc1OC. The van der Waals surface area contributed by atoms with Gasteiger partial charge in [-0.05, 0) is 36.2 Å². The highest BCUT2D eigenvalue weighted by Crippen LogP contribution is 2.27. The van der Waals surface area contributed by atoms with Crippen molar-refractivity contribution < 1.29 is 19.0 Å². The second-order valence-electron chi connectivity index (χ2n) is 5.46. The number of carbonyl (C=O) groups excluding carboxylic acids is 1. The summed E-state index contributed by atoms with van der Waals surface area (Å²) in [4.78, 5) is 11.4. The van der Waals surface area contributed by atoms with Crippen LogP contribution in [0.4, 0.5) is 0 Å². The van der Waals surface area contributed by atoms with Gasteiger partial charge in [0.2, 0.25) is 0 Å². The fourth-order valence-corrected chi connectivity index (χ4v) is 2.75. The molecule has 0 aromatic heterocycles. The highest BCUT2D eigenvalue weighted by atomic mass is 32.2. The normalized spacial score (nSPS) is 11.4. The lowest BCUT2D eigenvalue weighted by molar-refractivity contribution is -0.145. The maximum atomic E-state index is 11.4. The molecule has 0 unspecified atom stereocenters. The lowest BCUT2D eigenvalue weighted by Crippen LogP contribution is -2.14. The van der Waals surface area contributed by atoms with Crippen LogP contribution in [0.15, 0.2) is 58.7 Å². The zero-order valence-corrected chi connectivity index (χ0v) is 16.6. The van der Waals surface area contributed by atoms with E-state index in [-0.39, 0.29) is 6.61 Å². The largest absolute Gasteiger partial charge is 0.493 e. The first-order chi connectivity index (χ1) is 13.6. The summed E-state index contributed by atoms with van der Waals surface area (Å²) >= 11 is 1.41. The molecule has 8 heteroatoms. The van der Waals surface area contributed by atoms with E-state index in [1.807, 2.05) is 30.3 Å². The number of hydrogen-bond acceptors (Lipinski definition) is 7. The molecule has 28 heavy (non-hydrogen) atoms. The molecule has 2 N–H and O–H groups in total. The smallest absolute Gasteiger partial charge is 0.344 e. The molecule has 148 valence electrons. The van der Waals surface area contributed by atoms with Crippen molar-refractivity contribution in [2.45, 2.75) is 12.7 Å². The number of nitrogens with two attached hydrogens (primary N) is 1. The molecule has 0 saturated carbocycles. The van der Waals surface area contributed by atoms with E-state index in [9.17, 15) is 4.79 Å². The van der Waals surface area contributed by atoms with E-state index in [0.29, 0.717) is 23.3 Å². The Hall–Kier alpha value is -3.00. The lowest BCUT2D eigenvalue weighted by Gasteiger charge is -2.10. The Morgan fingerprint density at radius 3 is 2.68 bits per heavy atom. The number of carbonyl (C=O) groups is 1. The second kappa shape index (κ2) is 11.7. The monoisotopic (exact) mass is 401 g/mol. The number of thioether (sulfide) groups is 1. The Labute approximate surface area is 168 Å².